The molecule has 34 heavy (non-hydrogen) atoms. The summed E-state index contributed by atoms with van der Waals surface area (Å²) < 4.78 is 46.4. The molecule has 2 amide bonds. The first-order valence-electron chi connectivity index (χ1n) is 10.9. The predicted molar refractivity (Wildman–Crippen MR) is 114 cm³/mol. The Morgan fingerprint density at radius 1 is 1.24 bits per heavy atom. The van der Waals surface area contributed by atoms with E-state index in [1.165, 1.54) is 35.1 Å². The average molecular weight is 480 g/mol. The highest BCUT2D eigenvalue weighted by Crippen LogP contribution is 2.37. The average Bonchev–Trinajstić information content (AvgIpc) is 3.32. The normalized spacial score (nSPS) is 16.6. The van der Waals surface area contributed by atoms with Crippen molar-refractivity contribution in [1.82, 2.24) is 14.8 Å². The van der Waals surface area contributed by atoms with Gasteiger partial charge in [-0.15, -0.1) is 0 Å². The Kier molecular flexibility index (Phi) is 6.87. The van der Waals surface area contributed by atoms with Crippen molar-refractivity contribution in [2.75, 3.05) is 33.5 Å². The van der Waals surface area contributed by atoms with Crippen molar-refractivity contribution in [3.63, 3.8) is 0 Å². The van der Waals surface area contributed by atoms with Crippen LogP contribution in [0.3, 0.4) is 0 Å². The number of carbonyl (C=O) groups excluding carboxylic acids is 2. The van der Waals surface area contributed by atoms with Crippen LogP contribution in [0.1, 0.15) is 42.1 Å². The van der Waals surface area contributed by atoms with Gasteiger partial charge in [-0.05, 0) is 43.9 Å². The fraction of sp³-hybridized carbons (Fsp3) is 0.500. The quantitative estimate of drug-likeness (QED) is 0.612. The lowest BCUT2D eigenvalue weighted by Gasteiger charge is -2.17. The minimum Gasteiger partial charge on any atom is -0.489 e. The SMILES string of the molecule is COC(=O)N1CCN(C(=O)c2nc(-c3ccc(OC(F)F)c(OCC4CC4)c3)oc2[C@H](C)N)C1. The summed E-state index contributed by atoms with van der Waals surface area (Å²) in [7, 11) is 1.27. The Hall–Kier alpha value is -3.41. The van der Waals surface area contributed by atoms with Gasteiger partial charge in [-0.25, -0.2) is 9.78 Å². The van der Waals surface area contributed by atoms with E-state index in [-0.39, 0.29) is 35.5 Å². The van der Waals surface area contributed by atoms with Crippen LogP contribution in [-0.2, 0) is 4.74 Å². The molecule has 2 aromatic rings. The maximum absolute atomic E-state index is 13.1. The van der Waals surface area contributed by atoms with Crippen LogP contribution in [0.5, 0.6) is 11.5 Å². The van der Waals surface area contributed by atoms with E-state index < -0.39 is 24.7 Å². The second-order valence-electron chi connectivity index (χ2n) is 8.26. The first-order valence-corrected chi connectivity index (χ1v) is 10.9. The standard InChI is InChI=1S/C22H26F2N4O6/c1-12(25)18-17(20(29)27-7-8-28(11-27)22(30)31-2)26-19(34-18)14-5-6-15(33-21(23)24)16(9-14)32-10-13-3-4-13/h5-6,9,12-13,21H,3-4,7-8,10-11,25H2,1-2H3/t12-/m0/s1. The fourth-order valence-electron chi connectivity index (χ4n) is 3.54. The van der Waals surface area contributed by atoms with E-state index in [4.69, 9.17) is 19.6 Å². The summed E-state index contributed by atoms with van der Waals surface area (Å²) in [5.74, 6) is 0.228. The van der Waals surface area contributed by atoms with Crippen molar-refractivity contribution in [3.05, 3.63) is 29.7 Å². The predicted octanol–water partition coefficient (Wildman–Crippen LogP) is 3.23. The minimum atomic E-state index is -3.00. The molecule has 1 atom stereocenters. The number of rotatable bonds is 8. The molecule has 1 aromatic heterocycles. The van der Waals surface area contributed by atoms with Crippen LogP contribution in [0.4, 0.5) is 13.6 Å². The number of carbonyl (C=O) groups is 2. The van der Waals surface area contributed by atoms with Gasteiger partial charge in [0.25, 0.3) is 5.91 Å². The maximum Gasteiger partial charge on any atom is 0.410 e. The molecule has 2 N–H and O–H groups in total. The van der Waals surface area contributed by atoms with Gasteiger partial charge in [0.2, 0.25) is 5.89 Å². The highest BCUT2D eigenvalue weighted by atomic mass is 19.3. The lowest BCUT2D eigenvalue weighted by atomic mass is 10.2. The Labute approximate surface area is 194 Å². The molecule has 1 aliphatic carbocycles. The molecule has 1 aromatic carbocycles. The highest BCUT2D eigenvalue weighted by Gasteiger charge is 2.33. The molecule has 1 saturated heterocycles. The van der Waals surface area contributed by atoms with Crippen LogP contribution in [0.2, 0.25) is 0 Å². The third kappa shape index (κ3) is 5.22. The van der Waals surface area contributed by atoms with Gasteiger partial charge < -0.3 is 29.3 Å². The summed E-state index contributed by atoms with van der Waals surface area (Å²) in [5.41, 5.74) is 6.45. The second kappa shape index (κ2) is 9.84. The zero-order valence-corrected chi connectivity index (χ0v) is 18.8. The number of halogens is 2. The van der Waals surface area contributed by atoms with Crippen molar-refractivity contribution in [2.45, 2.75) is 32.4 Å². The van der Waals surface area contributed by atoms with Crippen LogP contribution in [0, 0.1) is 5.92 Å². The lowest BCUT2D eigenvalue weighted by Crippen LogP contribution is -2.34. The number of hydrogen-bond acceptors (Lipinski definition) is 8. The third-order valence-corrected chi connectivity index (χ3v) is 5.55. The smallest absolute Gasteiger partial charge is 0.410 e. The molecule has 4 rings (SSSR count). The van der Waals surface area contributed by atoms with Crippen LogP contribution in [-0.4, -0.2) is 66.9 Å². The van der Waals surface area contributed by atoms with Crippen molar-refractivity contribution in [2.24, 2.45) is 11.7 Å². The van der Waals surface area contributed by atoms with Crippen LogP contribution >= 0.6 is 0 Å². The van der Waals surface area contributed by atoms with E-state index in [9.17, 15) is 18.4 Å². The lowest BCUT2D eigenvalue weighted by molar-refractivity contribution is -0.0515. The highest BCUT2D eigenvalue weighted by molar-refractivity contribution is 5.94. The maximum atomic E-state index is 13.1. The molecule has 0 spiro atoms. The number of hydrogen-bond donors (Lipinski definition) is 1. The summed E-state index contributed by atoms with van der Waals surface area (Å²) in [6.07, 6.45) is 1.52. The fourth-order valence-corrected chi connectivity index (χ4v) is 3.54. The van der Waals surface area contributed by atoms with Gasteiger partial charge in [-0.1, -0.05) is 0 Å². The van der Waals surface area contributed by atoms with Gasteiger partial charge >= 0.3 is 12.7 Å². The molecule has 0 radical (unpaired) electrons. The largest absolute Gasteiger partial charge is 0.489 e. The second-order valence-corrected chi connectivity index (χ2v) is 8.26. The number of oxazole rings is 1. The van der Waals surface area contributed by atoms with Crippen LogP contribution in [0.15, 0.2) is 22.6 Å². The Morgan fingerprint density at radius 2 is 1.97 bits per heavy atom. The van der Waals surface area contributed by atoms with Crippen LogP contribution in [0.25, 0.3) is 11.5 Å². The third-order valence-electron chi connectivity index (χ3n) is 5.55. The van der Waals surface area contributed by atoms with Crippen molar-refractivity contribution in [1.29, 1.82) is 0 Å². The van der Waals surface area contributed by atoms with E-state index in [2.05, 4.69) is 9.72 Å². The minimum absolute atomic E-state index is 0.0186. The van der Waals surface area contributed by atoms with Gasteiger partial charge in [-0.2, -0.15) is 8.78 Å². The first-order chi connectivity index (χ1) is 16.3. The van der Waals surface area contributed by atoms with Crippen molar-refractivity contribution >= 4 is 12.0 Å². The molecule has 1 aliphatic heterocycles. The molecule has 2 heterocycles. The van der Waals surface area contributed by atoms with E-state index >= 15 is 0 Å². The Morgan fingerprint density at radius 3 is 2.62 bits per heavy atom. The monoisotopic (exact) mass is 480 g/mol. The van der Waals surface area contributed by atoms with Crippen molar-refractivity contribution < 1.29 is 37.0 Å². The van der Waals surface area contributed by atoms with E-state index in [0.717, 1.165) is 12.8 Å². The van der Waals surface area contributed by atoms with E-state index in [0.29, 0.717) is 31.2 Å². The summed E-state index contributed by atoms with van der Waals surface area (Å²) in [6, 6.07) is 3.67. The van der Waals surface area contributed by atoms with Crippen molar-refractivity contribution in [3.8, 4) is 23.0 Å². The number of nitrogens with two attached hydrogens (primary N) is 1. The molecule has 1 saturated carbocycles. The first kappa shape index (κ1) is 23.7. The molecule has 2 fully saturated rings. The molecule has 0 bridgehead atoms. The molecular weight excluding hydrogens is 454 g/mol. The number of amides is 2. The van der Waals surface area contributed by atoms with E-state index in [1.54, 1.807) is 6.92 Å². The summed E-state index contributed by atoms with van der Waals surface area (Å²) in [4.78, 5) is 32.1. The summed E-state index contributed by atoms with van der Waals surface area (Å²) in [5, 5.41) is 0. The van der Waals surface area contributed by atoms with Gasteiger partial charge in [0, 0.05) is 18.7 Å². The van der Waals surface area contributed by atoms with Crippen LogP contribution < -0.4 is 15.2 Å². The van der Waals surface area contributed by atoms with E-state index in [1.807, 2.05) is 0 Å². The Bertz CT molecular complexity index is 1060. The molecular formula is C22H26F2N4O6. The topological polar surface area (TPSA) is 120 Å². The number of methoxy groups -OCH3 is 1. The van der Waals surface area contributed by atoms with Gasteiger partial charge in [-0.3, -0.25) is 9.69 Å². The number of nitrogens with zero attached hydrogens (tertiary/aromatic N) is 3. The van der Waals surface area contributed by atoms with Gasteiger partial charge in [0.1, 0.15) is 0 Å². The zero-order chi connectivity index (χ0) is 24.4. The molecule has 184 valence electrons. The molecule has 10 nitrogen and oxygen atoms in total. The van der Waals surface area contributed by atoms with Gasteiger partial charge in [0.15, 0.2) is 23.0 Å². The molecule has 12 heteroatoms. The summed E-state index contributed by atoms with van der Waals surface area (Å²) in [6.45, 7) is -0.304. The number of ether oxygens (including phenoxy) is 3. The molecule has 2 aliphatic rings. The molecule has 0 unspecified atom stereocenters. The number of aromatic nitrogens is 1. The zero-order valence-electron chi connectivity index (χ0n) is 18.8. The number of alkyl halides is 2. The summed E-state index contributed by atoms with van der Waals surface area (Å²) >= 11 is 0. The Balaban J connectivity index is 1.61. The number of benzene rings is 1. The van der Waals surface area contributed by atoms with Gasteiger partial charge in [0.05, 0.1) is 26.4 Å².